The van der Waals surface area contributed by atoms with Crippen molar-refractivity contribution >= 4 is 15.9 Å². The van der Waals surface area contributed by atoms with Gasteiger partial charge in [0.2, 0.25) is 5.89 Å². The molecular formula is C14H17BrN2O2. The van der Waals surface area contributed by atoms with Crippen molar-refractivity contribution < 1.29 is 9.63 Å². The van der Waals surface area contributed by atoms with Gasteiger partial charge in [-0.3, -0.25) is 0 Å². The van der Waals surface area contributed by atoms with Crippen LogP contribution in [0.15, 0.2) is 33.3 Å². The van der Waals surface area contributed by atoms with Gasteiger partial charge in [0.15, 0.2) is 5.82 Å². The molecule has 0 amide bonds. The fourth-order valence-electron chi connectivity index (χ4n) is 1.69. The normalized spacial score (nSPS) is 12.9. The third-order valence-electron chi connectivity index (χ3n) is 2.91. The van der Waals surface area contributed by atoms with Gasteiger partial charge in [0.25, 0.3) is 0 Å². The van der Waals surface area contributed by atoms with Crippen LogP contribution in [0.4, 0.5) is 0 Å². The summed E-state index contributed by atoms with van der Waals surface area (Å²) in [5, 5.41) is 13.7. The largest absolute Gasteiger partial charge is 0.392 e. The van der Waals surface area contributed by atoms with Gasteiger partial charge in [-0.2, -0.15) is 4.98 Å². The van der Waals surface area contributed by atoms with E-state index in [1.165, 1.54) is 0 Å². The predicted octanol–water partition coefficient (Wildman–Crippen LogP) is 2.98. The molecule has 0 spiro atoms. The number of hydrogen-bond acceptors (Lipinski definition) is 4. The van der Waals surface area contributed by atoms with E-state index in [-0.39, 0.29) is 5.92 Å². The number of benzene rings is 1. The zero-order valence-corrected chi connectivity index (χ0v) is 12.6. The highest BCUT2D eigenvalue weighted by molar-refractivity contribution is 9.10. The number of halogens is 1. The highest BCUT2D eigenvalue weighted by Gasteiger charge is 2.15. The van der Waals surface area contributed by atoms with Crippen molar-refractivity contribution in [1.29, 1.82) is 0 Å². The molecule has 0 fully saturated rings. The van der Waals surface area contributed by atoms with E-state index in [2.05, 4.69) is 26.1 Å². The van der Waals surface area contributed by atoms with Crippen LogP contribution in [0.25, 0.3) is 0 Å². The molecule has 19 heavy (non-hydrogen) atoms. The Kier molecular flexibility index (Phi) is 4.71. The molecular weight excluding hydrogens is 308 g/mol. The second-order valence-electron chi connectivity index (χ2n) is 4.93. The zero-order valence-electron chi connectivity index (χ0n) is 11.0. The Balaban J connectivity index is 2.01. The smallest absolute Gasteiger partial charge is 0.229 e. The Morgan fingerprint density at radius 3 is 2.84 bits per heavy atom. The molecule has 1 aromatic heterocycles. The fourth-order valence-corrected chi connectivity index (χ4v) is 2.14. The lowest BCUT2D eigenvalue weighted by atomic mass is 10.0. The molecule has 1 unspecified atom stereocenters. The number of aliphatic hydroxyl groups is 1. The number of aliphatic hydroxyl groups excluding tert-OH is 1. The number of hydrogen-bond donors (Lipinski definition) is 1. The molecule has 1 N–H and O–H groups in total. The molecule has 2 aromatic rings. The first kappa shape index (κ1) is 14.2. The first-order valence-corrected chi connectivity index (χ1v) is 7.08. The predicted molar refractivity (Wildman–Crippen MR) is 75.8 cm³/mol. The Labute approximate surface area is 121 Å². The van der Waals surface area contributed by atoms with Crippen LogP contribution in [-0.4, -0.2) is 21.4 Å². The molecule has 0 radical (unpaired) electrons. The Hall–Kier alpha value is -1.20. The van der Waals surface area contributed by atoms with Crippen molar-refractivity contribution in [2.24, 2.45) is 5.92 Å². The maximum atomic E-state index is 9.78. The lowest BCUT2D eigenvalue weighted by Gasteiger charge is -2.10. The van der Waals surface area contributed by atoms with Crippen molar-refractivity contribution in [3.8, 4) is 0 Å². The Morgan fingerprint density at radius 1 is 1.37 bits per heavy atom. The van der Waals surface area contributed by atoms with Crippen LogP contribution in [-0.2, 0) is 12.8 Å². The average Bonchev–Trinajstić information content (AvgIpc) is 2.76. The summed E-state index contributed by atoms with van der Waals surface area (Å²) in [7, 11) is 0. The quantitative estimate of drug-likeness (QED) is 0.918. The molecule has 0 aliphatic heterocycles. The van der Waals surface area contributed by atoms with E-state index in [4.69, 9.17) is 4.52 Å². The van der Waals surface area contributed by atoms with Crippen LogP contribution >= 0.6 is 15.9 Å². The summed E-state index contributed by atoms with van der Waals surface area (Å²) in [6.45, 7) is 3.92. The van der Waals surface area contributed by atoms with Gasteiger partial charge < -0.3 is 9.63 Å². The summed E-state index contributed by atoms with van der Waals surface area (Å²) in [4.78, 5) is 4.30. The summed E-state index contributed by atoms with van der Waals surface area (Å²) in [6, 6.07) is 8.00. The van der Waals surface area contributed by atoms with Crippen LogP contribution < -0.4 is 0 Å². The average molecular weight is 325 g/mol. The summed E-state index contributed by atoms with van der Waals surface area (Å²) < 4.78 is 6.19. The summed E-state index contributed by atoms with van der Waals surface area (Å²) in [6.07, 6.45) is 0.586. The van der Waals surface area contributed by atoms with Crippen molar-refractivity contribution in [2.75, 3.05) is 0 Å². The molecule has 0 aliphatic rings. The van der Waals surface area contributed by atoms with E-state index in [9.17, 15) is 5.11 Å². The second kappa shape index (κ2) is 6.30. The SMILES string of the molecule is CC(C)C(O)Cc1nc(Cc2cccc(Br)c2)no1. The molecule has 0 saturated heterocycles. The summed E-state index contributed by atoms with van der Waals surface area (Å²) in [5.41, 5.74) is 1.12. The Bertz CT molecular complexity index is 540. The highest BCUT2D eigenvalue weighted by Crippen LogP contribution is 2.15. The van der Waals surface area contributed by atoms with Crippen molar-refractivity contribution in [3.63, 3.8) is 0 Å². The minimum atomic E-state index is -0.445. The standard InChI is InChI=1S/C14H17BrN2O2/c1-9(2)12(18)8-14-16-13(17-19-14)7-10-4-3-5-11(15)6-10/h3-6,9,12,18H,7-8H2,1-2H3. The van der Waals surface area contributed by atoms with E-state index in [1.54, 1.807) is 0 Å². The topological polar surface area (TPSA) is 59.2 Å². The van der Waals surface area contributed by atoms with E-state index < -0.39 is 6.10 Å². The third-order valence-corrected chi connectivity index (χ3v) is 3.41. The molecule has 0 aliphatic carbocycles. The van der Waals surface area contributed by atoms with Crippen LogP contribution in [0, 0.1) is 5.92 Å². The van der Waals surface area contributed by atoms with Crippen molar-refractivity contribution in [2.45, 2.75) is 32.8 Å². The van der Waals surface area contributed by atoms with E-state index in [1.807, 2.05) is 38.1 Å². The molecule has 102 valence electrons. The molecule has 0 saturated carbocycles. The van der Waals surface area contributed by atoms with Crippen molar-refractivity contribution in [3.05, 3.63) is 46.0 Å². The molecule has 2 rings (SSSR count). The lowest BCUT2D eigenvalue weighted by molar-refractivity contribution is 0.116. The van der Waals surface area contributed by atoms with Gasteiger partial charge in [-0.25, -0.2) is 0 Å². The fraction of sp³-hybridized carbons (Fsp3) is 0.429. The van der Waals surface area contributed by atoms with Gasteiger partial charge >= 0.3 is 0 Å². The molecule has 1 aromatic carbocycles. The summed E-state index contributed by atoms with van der Waals surface area (Å²) >= 11 is 3.43. The maximum Gasteiger partial charge on any atom is 0.229 e. The molecule has 4 nitrogen and oxygen atoms in total. The third kappa shape index (κ3) is 4.14. The number of aromatic nitrogens is 2. The molecule has 0 bridgehead atoms. The van der Waals surface area contributed by atoms with Crippen LogP contribution in [0.5, 0.6) is 0 Å². The van der Waals surface area contributed by atoms with Crippen LogP contribution in [0.3, 0.4) is 0 Å². The minimum absolute atomic E-state index is 0.181. The van der Waals surface area contributed by atoms with Gasteiger partial charge in [-0.1, -0.05) is 47.1 Å². The van der Waals surface area contributed by atoms with E-state index in [0.717, 1.165) is 10.0 Å². The zero-order chi connectivity index (χ0) is 13.8. The molecule has 1 atom stereocenters. The first-order chi connectivity index (χ1) is 9.04. The molecule has 5 heteroatoms. The van der Waals surface area contributed by atoms with Crippen molar-refractivity contribution in [1.82, 2.24) is 10.1 Å². The number of rotatable bonds is 5. The van der Waals surface area contributed by atoms with Gasteiger partial charge in [0.05, 0.1) is 12.5 Å². The lowest BCUT2D eigenvalue weighted by Crippen LogP contribution is -2.17. The minimum Gasteiger partial charge on any atom is -0.392 e. The van der Waals surface area contributed by atoms with Gasteiger partial charge in [-0.15, -0.1) is 0 Å². The molecule has 1 heterocycles. The highest BCUT2D eigenvalue weighted by atomic mass is 79.9. The maximum absolute atomic E-state index is 9.78. The van der Waals surface area contributed by atoms with E-state index in [0.29, 0.717) is 24.6 Å². The number of nitrogens with zero attached hydrogens (tertiary/aromatic N) is 2. The van der Waals surface area contributed by atoms with Crippen LogP contribution in [0.2, 0.25) is 0 Å². The monoisotopic (exact) mass is 324 g/mol. The Morgan fingerprint density at radius 2 is 2.16 bits per heavy atom. The van der Waals surface area contributed by atoms with Gasteiger partial charge in [0, 0.05) is 10.9 Å². The summed E-state index contributed by atoms with van der Waals surface area (Å²) in [5.74, 6) is 1.32. The van der Waals surface area contributed by atoms with Gasteiger partial charge in [0.1, 0.15) is 0 Å². The van der Waals surface area contributed by atoms with Gasteiger partial charge in [-0.05, 0) is 23.6 Å². The second-order valence-corrected chi connectivity index (χ2v) is 5.84. The van der Waals surface area contributed by atoms with Crippen LogP contribution in [0.1, 0.15) is 31.1 Å². The first-order valence-electron chi connectivity index (χ1n) is 6.28. The van der Waals surface area contributed by atoms with E-state index >= 15 is 0 Å².